The molecule has 0 saturated carbocycles. The lowest BCUT2D eigenvalue weighted by Crippen LogP contribution is -2.38. The molecule has 0 aromatic heterocycles. The summed E-state index contributed by atoms with van der Waals surface area (Å²) in [6.45, 7) is 3.64. The van der Waals surface area contributed by atoms with E-state index < -0.39 is 0 Å². The minimum atomic E-state index is 0.270. The van der Waals surface area contributed by atoms with Gasteiger partial charge in [-0.05, 0) is 66.3 Å². The summed E-state index contributed by atoms with van der Waals surface area (Å²) < 4.78 is 16.7. The minimum Gasteiger partial charge on any atom is -0.497 e. The van der Waals surface area contributed by atoms with Gasteiger partial charge in [-0.3, -0.25) is 4.90 Å². The molecule has 4 heteroatoms. The molecule has 3 aromatic rings. The highest BCUT2D eigenvalue weighted by Crippen LogP contribution is 2.44. The fourth-order valence-corrected chi connectivity index (χ4v) is 4.71. The number of fused-ring (bicyclic) bond motifs is 2. The third-order valence-electron chi connectivity index (χ3n) is 6.40. The van der Waals surface area contributed by atoms with Crippen molar-refractivity contribution in [2.75, 3.05) is 20.4 Å². The van der Waals surface area contributed by atoms with Gasteiger partial charge in [0.2, 0.25) is 6.79 Å². The Balaban J connectivity index is 1.53. The van der Waals surface area contributed by atoms with E-state index in [0.717, 1.165) is 36.6 Å². The van der Waals surface area contributed by atoms with E-state index in [-0.39, 0.29) is 6.04 Å². The van der Waals surface area contributed by atoms with Crippen LogP contribution >= 0.6 is 0 Å². The van der Waals surface area contributed by atoms with E-state index in [1.54, 1.807) is 7.11 Å². The van der Waals surface area contributed by atoms with E-state index in [9.17, 15) is 0 Å². The third kappa shape index (κ3) is 3.52. The summed E-state index contributed by atoms with van der Waals surface area (Å²) in [5, 5.41) is 0. The van der Waals surface area contributed by atoms with E-state index in [2.05, 4.69) is 66.4 Å². The maximum Gasteiger partial charge on any atom is 0.231 e. The van der Waals surface area contributed by atoms with E-state index in [1.807, 2.05) is 12.1 Å². The maximum absolute atomic E-state index is 5.72. The van der Waals surface area contributed by atoms with Gasteiger partial charge in [-0.15, -0.1) is 0 Å². The molecule has 154 valence electrons. The number of nitrogens with zero attached hydrogens (tertiary/aromatic N) is 1. The number of hydrogen-bond donors (Lipinski definition) is 0. The van der Waals surface area contributed by atoms with E-state index in [1.165, 1.54) is 22.3 Å². The summed E-state index contributed by atoms with van der Waals surface area (Å²) in [7, 11) is 1.71. The highest BCUT2D eigenvalue weighted by atomic mass is 16.7. The summed E-state index contributed by atoms with van der Waals surface area (Å²) in [4.78, 5) is 2.63. The highest BCUT2D eigenvalue weighted by molar-refractivity contribution is 5.51. The van der Waals surface area contributed by atoms with Crippen LogP contribution in [0, 0.1) is 0 Å². The van der Waals surface area contributed by atoms with Crippen molar-refractivity contribution in [3.63, 3.8) is 0 Å². The number of ether oxygens (including phenoxy) is 3. The smallest absolute Gasteiger partial charge is 0.231 e. The topological polar surface area (TPSA) is 30.9 Å². The first-order valence-electron chi connectivity index (χ1n) is 10.6. The first-order valence-corrected chi connectivity index (χ1v) is 10.6. The van der Waals surface area contributed by atoms with Crippen molar-refractivity contribution in [2.45, 2.75) is 31.8 Å². The first kappa shape index (κ1) is 19.0. The van der Waals surface area contributed by atoms with Crippen molar-refractivity contribution in [3.05, 3.63) is 89.0 Å². The zero-order valence-corrected chi connectivity index (χ0v) is 17.5. The number of benzene rings is 3. The van der Waals surface area contributed by atoms with Crippen LogP contribution in [0.1, 0.15) is 41.3 Å². The second kappa shape index (κ2) is 8.04. The van der Waals surface area contributed by atoms with Gasteiger partial charge < -0.3 is 14.2 Å². The molecule has 0 radical (unpaired) electrons. The second-order valence-electron chi connectivity index (χ2n) is 8.05. The Bertz CT molecular complexity index is 1020. The zero-order chi connectivity index (χ0) is 20.5. The first-order chi connectivity index (χ1) is 14.7. The molecule has 0 fully saturated rings. The molecule has 0 bridgehead atoms. The predicted molar refractivity (Wildman–Crippen MR) is 117 cm³/mol. The van der Waals surface area contributed by atoms with Crippen LogP contribution in [0.2, 0.25) is 0 Å². The van der Waals surface area contributed by atoms with Gasteiger partial charge in [0.1, 0.15) is 5.75 Å². The van der Waals surface area contributed by atoms with Crippen molar-refractivity contribution in [1.82, 2.24) is 4.90 Å². The zero-order valence-electron chi connectivity index (χ0n) is 17.5. The van der Waals surface area contributed by atoms with Gasteiger partial charge >= 0.3 is 0 Å². The summed E-state index contributed by atoms with van der Waals surface area (Å²) in [5.74, 6) is 2.63. The van der Waals surface area contributed by atoms with Crippen LogP contribution in [-0.4, -0.2) is 25.3 Å². The van der Waals surface area contributed by atoms with Crippen molar-refractivity contribution in [1.29, 1.82) is 0 Å². The van der Waals surface area contributed by atoms with Gasteiger partial charge in [-0.25, -0.2) is 0 Å². The molecule has 0 saturated heterocycles. The fourth-order valence-electron chi connectivity index (χ4n) is 4.71. The summed E-state index contributed by atoms with van der Waals surface area (Å²) in [6, 6.07) is 24.2. The van der Waals surface area contributed by atoms with Crippen LogP contribution in [-0.2, 0) is 12.8 Å². The van der Waals surface area contributed by atoms with Gasteiger partial charge in [0.15, 0.2) is 11.5 Å². The molecular formula is C26H27NO3. The van der Waals surface area contributed by atoms with E-state index >= 15 is 0 Å². The number of methoxy groups -OCH3 is 1. The monoisotopic (exact) mass is 401 g/mol. The van der Waals surface area contributed by atoms with E-state index in [0.29, 0.717) is 12.8 Å². The molecule has 0 amide bonds. The molecular weight excluding hydrogens is 374 g/mol. The maximum atomic E-state index is 5.72. The van der Waals surface area contributed by atoms with Gasteiger partial charge in [0.05, 0.1) is 7.11 Å². The third-order valence-corrected chi connectivity index (χ3v) is 6.40. The molecule has 30 heavy (non-hydrogen) atoms. The average Bonchev–Trinajstić information content (AvgIpc) is 3.26. The fraction of sp³-hybridized carbons (Fsp3) is 0.308. The minimum absolute atomic E-state index is 0.270. The molecule has 0 N–H and O–H groups in total. The van der Waals surface area contributed by atoms with Crippen LogP contribution in [0.3, 0.4) is 0 Å². The molecule has 3 aromatic carbocycles. The van der Waals surface area contributed by atoms with Crippen molar-refractivity contribution < 1.29 is 14.2 Å². The lowest BCUT2D eigenvalue weighted by molar-refractivity contribution is 0.131. The molecule has 2 aliphatic rings. The van der Waals surface area contributed by atoms with Gasteiger partial charge in [-0.1, -0.05) is 42.5 Å². The molecule has 2 heterocycles. The molecule has 5 rings (SSSR count). The molecule has 4 nitrogen and oxygen atoms in total. The number of rotatable bonds is 5. The van der Waals surface area contributed by atoms with Crippen LogP contribution in [0.15, 0.2) is 66.7 Å². The highest BCUT2D eigenvalue weighted by Gasteiger charge is 2.33. The quantitative estimate of drug-likeness (QED) is 0.578. The van der Waals surface area contributed by atoms with Crippen LogP contribution < -0.4 is 14.2 Å². The van der Waals surface area contributed by atoms with Crippen molar-refractivity contribution in [3.8, 4) is 17.2 Å². The Labute approximate surface area is 178 Å². The predicted octanol–water partition coefficient (Wildman–Crippen LogP) is 5.33. The van der Waals surface area contributed by atoms with Crippen molar-refractivity contribution >= 4 is 0 Å². The molecule has 1 unspecified atom stereocenters. The van der Waals surface area contributed by atoms with Crippen LogP contribution in [0.5, 0.6) is 17.2 Å². The SMILES string of the molecule is COc1ccc(C[C@@H]2c3cc4c(cc3CCN2C(C)c2ccccc2)OCO4)cc1. The van der Waals surface area contributed by atoms with Gasteiger partial charge in [0.25, 0.3) is 0 Å². The summed E-state index contributed by atoms with van der Waals surface area (Å²) in [6.07, 6.45) is 1.95. The largest absolute Gasteiger partial charge is 0.497 e. The second-order valence-corrected chi connectivity index (χ2v) is 8.05. The van der Waals surface area contributed by atoms with Gasteiger partial charge in [0, 0.05) is 18.6 Å². The Kier molecular flexibility index (Phi) is 5.09. The Morgan fingerprint density at radius 3 is 2.47 bits per heavy atom. The molecule has 0 spiro atoms. The van der Waals surface area contributed by atoms with Gasteiger partial charge in [-0.2, -0.15) is 0 Å². The molecule has 2 atom stereocenters. The lowest BCUT2D eigenvalue weighted by Gasteiger charge is -2.41. The summed E-state index contributed by atoms with van der Waals surface area (Å²) in [5.41, 5.74) is 5.37. The Morgan fingerprint density at radius 1 is 1.00 bits per heavy atom. The Morgan fingerprint density at radius 2 is 1.73 bits per heavy atom. The molecule has 0 aliphatic carbocycles. The average molecular weight is 402 g/mol. The van der Waals surface area contributed by atoms with Crippen LogP contribution in [0.4, 0.5) is 0 Å². The van der Waals surface area contributed by atoms with Crippen molar-refractivity contribution in [2.24, 2.45) is 0 Å². The van der Waals surface area contributed by atoms with E-state index in [4.69, 9.17) is 14.2 Å². The Hall–Kier alpha value is -2.98. The lowest BCUT2D eigenvalue weighted by atomic mass is 9.86. The molecule has 2 aliphatic heterocycles. The standard InChI is InChI=1S/C26H27NO3/c1-18(20-6-4-3-5-7-20)27-13-12-21-15-25-26(30-17-29-25)16-23(21)24(27)14-19-8-10-22(28-2)11-9-19/h3-11,15-16,18,24H,12-14,17H2,1-2H3/t18?,24-/m1/s1. The van der Waals surface area contributed by atoms with Crippen LogP contribution in [0.25, 0.3) is 0 Å². The summed E-state index contributed by atoms with van der Waals surface area (Å²) >= 11 is 0. The normalized spacial score (nSPS) is 18.7. The number of hydrogen-bond acceptors (Lipinski definition) is 4.